The van der Waals surface area contributed by atoms with Crippen LogP contribution in [0.4, 0.5) is 5.95 Å². The maximum absolute atomic E-state index is 11.7. The summed E-state index contributed by atoms with van der Waals surface area (Å²) in [6.45, 7) is 0. The molecule has 1 N–H and O–H groups in total. The van der Waals surface area contributed by atoms with Gasteiger partial charge < -0.3 is 0 Å². The molecular formula is C7H5ClN4O2S2. The summed E-state index contributed by atoms with van der Waals surface area (Å²) >= 11 is 6.42. The van der Waals surface area contributed by atoms with Crippen LogP contribution in [0.1, 0.15) is 0 Å². The van der Waals surface area contributed by atoms with Gasteiger partial charge in [0.05, 0.1) is 6.20 Å². The van der Waals surface area contributed by atoms with Gasteiger partial charge in [0.2, 0.25) is 5.95 Å². The number of anilines is 1. The first kappa shape index (κ1) is 11.2. The van der Waals surface area contributed by atoms with Crippen LogP contribution in [0.15, 0.2) is 28.9 Å². The van der Waals surface area contributed by atoms with Crippen LogP contribution < -0.4 is 4.72 Å². The number of aromatic nitrogens is 3. The predicted octanol–water partition coefficient (Wildman–Crippen LogP) is 1.39. The van der Waals surface area contributed by atoms with E-state index in [4.69, 9.17) is 11.6 Å². The lowest BCUT2D eigenvalue weighted by Crippen LogP contribution is -2.13. The second-order valence-corrected chi connectivity index (χ2v) is 6.13. The highest BCUT2D eigenvalue weighted by molar-refractivity contribution is 7.94. The number of hydrogen-bond acceptors (Lipinski definition) is 6. The molecule has 0 aromatic carbocycles. The molecule has 0 saturated heterocycles. The summed E-state index contributed by atoms with van der Waals surface area (Å²) in [5.74, 6) is 0.00650. The molecule has 0 aliphatic heterocycles. The Kier molecular flexibility index (Phi) is 3.03. The Bertz CT molecular complexity index is 583. The molecule has 9 heteroatoms. The number of sulfonamides is 1. The summed E-state index contributed by atoms with van der Waals surface area (Å²) < 4.78 is 25.9. The average Bonchev–Trinajstić information content (AvgIpc) is 2.66. The van der Waals surface area contributed by atoms with E-state index in [0.29, 0.717) is 0 Å². The van der Waals surface area contributed by atoms with Gasteiger partial charge in [0.25, 0.3) is 10.0 Å². The van der Waals surface area contributed by atoms with Gasteiger partial charge in [-0.2, -0.15) is 0 Å². The molecule has 0 bridgehead atoms. The summed E-state index contributed by atoms with van der Waals surface area (Å²) in [5.41, 5.74) is 0. The number of hydrogen-bond donors (Lipinski definition) is 1. The number of nitrogens with one attached hydrogen (secondary N) is 1. The third-order valence-corrected chi connectivity index (χ3v) is 4.42. The van der Waals surface area contributed by atoms with E-state index in [9.17, 15) is 8.42 Å². The smallest absolute Gasteiger partial charge is 0.246 e. The van der Waals surface area contributed by atoms with Crippen molar-refractivity contribution in [2.24, 2.45) is 0 Å². The standard InChI is InChI=1S/C7H5ClN4O2S2/c8-6-11-4-5(15-6)16(13,14)12-7-9-2-1-3-10-7/h1-4H,(H,9,10,12). The fourth-order valence-corrected chi connectivity index (χ4v) is 3.14. The van der Waals surface area contributed by atoms with Gasteiger partial charge in [-0.15, -0.1) is 0 Å². The van der Waals surface area contributed by atoms with Crippen molar-refractivity contribution in [3.63, 3.8) is 0 Å². The molecule has 84 valence electrons. The van der Waals surface area contributed by atoms with Gasteiger partial charge in [-0.3, -0.25) is 0 Å². The number of halogens is 1. The lowest BCUT2D eigenvalue weighted by molar-refractivity contribution is 0.602. The molecule has 2 heterocycles. The molecule has 6 nitrogen and oxygen atoms in total. The summed E-state index contributed by atoms with van der Waals surface area (Å²) in [6, 6.07) is 1.58. The van der Waals surface area contributed by atoms with Crippen molar-refractivity contribution >= 4 is 38.9 Å². The van der Waals surface area contributed by atoms with Gasteiger partial charge in [-0.25, -0.2) is 28.1 Å². The van der Waals surface area contributed by atoms with Crippen molar-refractivity contribution in [2.75, 3.05) is 4.72 Å². The van der Waals surface area contributed by atoms with Crippen LogP contribution >= 0.6 is 22.9 Å². The van der Waals surface area contributed by atoms with Crippen LogP contribution in [0.3, 0.4) is 0 Å². The molecule has 16 heavy (non-hydrogen) atoms. The largest absolute Gasteiger partial charge is 0.275 e. The maximum Gasteiger partial charge on any atom is 0.275 e. The van der Waals surface area contributed by atoms with Crippen LogP contribution in [0.2, 0.25) is 4.47 Å². The first-order valence-corrected chi connectivity index (χ1v) is 6.67. The summed E-state index contributed by atoms with van der Waals surface area (Å²) in [6.07, 6.45) is 4.05. The minimum Gasteiger partial charge on any atom is -0.246 e. The van der Waals surface area contributed by atoms with E-state index in [1.54, 1.807) is 6.07 Å². The third kappa shape index (κ3) is 2.46. The molecule has 0 unspecified atom stereocenters. The molecule has 0 fully saturated rings. The zero-order valence-corrected chi connectivity index (χ0v) is 10.1. The van der Waals surface area contributed by atoms with Crippen LogP contribution in [0.25, 0.3) is 0 Å². The molecule has 2 aromatic rings. The van der Waals surface area contributed by atoms with E-state index >= 15 is 0 Å². The Balaban J connectivity index is 2.28. The van der Waals surface area contributed by atoms with Gasteiger partial charge in [-0.1, -0.05) is 22.9 Å². The van der Waals surface area contributed by atoms with E-state index in [-0.39, 0.29) is 14.6 Å². The molecule has 0 spiro atoms. The van der Waals surface area contributed by atoms with E-state index in [1.165, 1.54) is 18.6 Å². The molecule has 0 amide bonds. The van der Waals surface area contributed by atoms with Gasteiger partial charge in [-0.05, 0) is 6.07 Å². The van der Waals surface area contributed by atoms with Crippen LogP contribution in [0, 0.1) is 0 Å². The normalized spacial score (nSPS) is 11.3. The molecular weight excluding hydrogens is 272 g/mol. The Morgan fingerprint density at radius 3 is 2.50 bits per heavy atom. The minimum atomic E-state index is -3.70. The zero-order valence-electron chi connectivity index (χ0n) is 7.66. The Hall–Kier alpha value is -1.25. The van der Waals surface area contributed by atoms with E-state index in [2.05, 4.69) is 19.7 Å². The Morgan fingerprint density at radius 1 is 1.25 bits per heavy atom. The van der Waals surface area contributed by atoms with Gasteiger partial charge in [0, 0.05) is 12.4 Å². The van der Waals surface area contributed by atoms with E-state index < -0.39 is 10.0 Å². The van der Waals surface area contributed by atoms with Gasteiger partial charge in [0.1, 0.15) is 0 Å². The van der Waals surface area contributed by atoms with Crippen LogP contribution in [0.5, 0.6) is 0 Å². The Labute approximate surface area is 100 Å². The average molecular weight is 277 g/mol. The monoisotopic (exact) mass is 276 g/mol. The fourth-order valence-electron chi connectivity index (χ4n) is 0.886. The molecule has 0 atom stereocenters. The SMILES string of the molecule is O=S(=O)(Nc1ncccn1)c1cnc(Cl)s1. The van der Waals surface area contributed by atoms with Crippen molar-refractivity contribution in [2.45, 2.75) is 4.21 Å². The molecule has 0 saturated carbocycles. The van der Waals surface area contributed by atoms with Crippen molar-refractivity contribution in [3.8, 4) is 0 Å². The second kappa shape index (κ2) is 4.32. The number of rotatable bonds is 3. The lowest BCUT2D eigenvalue weighted by atomic mass is 10.7. The highest BCUT2D eigenvalue weighted by atomic mass is 35.5. The summed E-state index contributed by atoms with van der Waals surface area (Å²) in [4.78, 5) is 11.1. The highest BCUT2D eigenvalue weighted by Crippen LogP contribution is 2.23. The summed E-state index contributed by atoms with van der Waals surface area (Å²) in [5, 5.41) is 0. The van der Waals surface area contributed by atoms with Crippen LogP contribution in [-0.2, 0) is 10.0 Å². The number of nitrogens with zero attached hydrogens (tertiary/aromatic N) is 3. The van der Waals surface area contributed by atoms with E-state index in [0.717, 1.165) is 11.3 Å². The minimum absolute atomic E-state index is 0.00650. The quantitative estimate of drug-likeness (QED) is 0.916. The van der Waals surface area contributed by atoms with Crippen molar-refractivity contribution in [1.82, 2.24) is 15.0 Å². The lowest BCUT2D eigenvalue weighted by Gasteiger charge is -2.02. The summed E-state index contributed by atoms with van der Waals surface area (Å²) in [7, 11) is -3.70. The fraction of sp³-hybridized carbons (Fsp3) is 0. The zero-order chi connectivity index (χ0) is 11.6. The third-order valence-electron chi connectivity index (χ3n) is 1.51. The van der Waals surface area contributed by atoms with Crippen LogP contribution in [-0.4, -0.2) is 23.4 Å². The molecule has 0 aliphatic carbocycles. The van der Waals surface area contributed by atoms with Crippen molar-refractivity contribution in [3.05, 3.63) is 29.1 Å². The topological polar surface area (TPSA) is 84.8 Å². The molecule has 2 rings (SSSR count). The van der Waals surface area contributed by atoms with E-state index in [1.807, 2.05) is 0 Å². The van der Waals surface area contributed by atoms with Gasteiger partial charge >= 0.3 is 0 Å². The van der Waals surface area contributed by atoms with Crippen molar-refractivity contribution in [1.29, 1.82) is 0 Å². The highest BCUT2D eigenvalue weighted by Gasteiger charge is 2.18. The molecule has 0 radical (unpaired) electrons. The predicted molar refractivity (Wildman–Crippen MR) is 60.0 cm³/mol. The molecule has 2 aromatic heterocycles. The Morgan fingerprint density at radius 2 is 1.94 bits per heavy atom. The van der Waals surface area contributed by atoms with Gasteiger partial charge in [0.15, 0.2) is 8.68 Å². The number of thiazole rings is 1. The van der Waals surface area contributed by atoms with Crippen molar-refractivity contribution < 1.29 is 8.42 Å². The molecule has 0 aliphatic rings. The first-order chi connectivity index (χ1) is 7.58. The maximum atomic E-state index is 11.7. The second-order valence-electron chi connectivity index (χ2n) is 2.61. The first-order valence-electron chi connectivity index (χ1n) is 3.99.